The molecule has 3 saturated carbocycles. The molecule has 0 aromatic carbocycles. The first-order chi connectivity index (χ1) is 14.6. The maximum atomic E-state index is 13.1. The van der Waals surface area contributed by atoms with Gasteiger partial charge in [0.15, 0.2) is 11.6 Å². The molecule has 4 aliphatic carbocycles. The van der Waals surface area contributed by atoms with Crippen molar-refractivity contribution in [3.8, 4) is 0 Å². The average Bonchev–Trinajstić information content (AvgIpc) is 2.89. The van der Waals surface area contributed by atoms with Gasteiger partial charge in [-0.15, -0.1) is 23.2 Å². The van der Waals surface area contributed by atoms with Crippen molar-refractivity contribution in [2.24, 2.45) is 28.6 Å². The van der Waals surface area contributed by atoms with Crippen LogP contribution in [-0.4, -0.2) is 48.9 Å². The molecule has 8 atom stereocenters. The third kappa shape index (κ3) is 3.12. The normalized spacial score (nSPS) is 48.0. The van der Waals surface area contributed by atoms with Gasteiger partial charge in [0.25, 0.3) is 0 Å². The van der Waals surface area contributed by atoms with Crippen molar-refractivity contribution in [2.45, 2.75) is 62.3 Å². The average molecular weight is 507 g/mol. The number of ketones is 2. The Morgan fingerprint density at radius 2 is 1.97 bits per heavy atom. The van der Waals surface area contributed by atoms with E-state index < -0.39 is 52.8 Å². The van der Waals surface area contributed by atoms with Gasteiger partial charge in [0.2, 0.25) is 0 Å². The van der Waals surface area contributed by atoms with Gasteiger partial charge in [0.05, 0.1) is 10.3 Å². The van der Waals surface area contributed by atoms with E-state index in [1.54, 1.807) is 13.0 Å². The fourth-order valence-corrected chi connectivity index (χ4v) is 8.85. The number of Topliss-reactive ketones (excluding diaryl/α,β-unsaturated/α-hetero) is 1. The Balaban J connectivity index is 1.74. The smallest absolute Gasteiger partial charge is 0.381 e. The zero-order chi connectivity index (χ0) is 23.9. The molecule has 32 heavy (non-hydrogen) atoms. The van der Waals surface area contributed by atoms with E-state index in [1.165, 1.54) is 6.08 Å². The zero-order valence-electron chi connectivity index (χ0n) is 18.3. The van der Waals surface area contributed by atoms with E-state index >= 15 is 0 Å². The molecule has 3 N–H and O–H groups in total. The van der Waals surface area contributed by atoms with E-state index in [1.807, 2.05) is 19.9 Å². The Morgan fingerprint density at radius 3 is 2.59 bits per heavy atom. The highest BCUT2D eigenvalue weighted by Gasteiger charge is 2.74. The van der Waals surface area contributed by atoms with Crippen LogP contribution >= 0.6 is 31.0 Å². The molecule has 0 amide bonds. The van der Waals surface area contributed by atoms with E-state index in [-0.39, 0.29) is 24.0 Å². The summed E-state index contributed by atoms with van der Waals surface area (Å²) in [6.07, 6.45) is 7.14. The summed E-state index contributed by atoms with van der Waals surface area (Å²) >= 11 is 14.4. The Bertz CT molecular complexity index is 975. The molecule has 3 fully saturated rings. The predicted octanol–water partition coefficient (Wildman–Crippen LogP) is 3.53. The molecule has 0 aromatic rings. The van der Waals surface area contributed by atoms with Gasteiger partial charge in [-0.2, -0.15) is 0 Å². The summed E-state index contributed by atoms with van der Waals surface area (Å²) in [5.41, 5.74) is -2.47. The van der Waals surface area contributed by atoms with Crippen molar-refractivity contribution in [3.63, 3.8) is 0 Å². The van der Waals surface area contributed by atoms with Gasteiger partial charge >= 0.3 is 7.82 Å². The fourth-order valence-electron chi connectivity index (χ4n) is 7.33. The van der Waals surface area contributed by atoms with E-state index in [0.717, 1.165) is 5.57 Å². The predicted molar refractivity (Wildman–Crippen MR) is 119 cm³/mol. The molecule has 0 aliphatic heterocycles. The van der Waals surface area contributed by atoms with Gasteiger partial charge in [-0.25, -0.2) is 4.57 Å². The highest BCUT2D eigenvalue weighted by atomic mass is 35.5. The summed E-state index contributed by atoms with van der Waals surface area (Å²) in [5.74, 6) is -1.56. The minimum Gasteiger partial charge on any atom is -0.381 e. The lowest BCUT2D eigenvalue weighted by Crippen LogP contribution is -2.67. The van der Waals surface area contributed by atoms with Crippen molar-refractivity contribution in [2.75, 3.05) is 6.61 Å². The molecule has 0 bridgehead atoms. The van der Waals surface area contributed by atoms with Gasteiger partial charge in [-0.3, -0.25) is 14.1 Å². The van der Waals surface area contributed by atoms with E-state index in [2.05, 4.69) is 4.52 Å². The van der Waals surface area contributed by atoms with Crippen molar-refractivity contribution in [1.82, 2.24) is 0 Å². The van der Waals surface area contributed by atoms with Crippen LogP contribution in [0.5, 0.6) is 0 Å². The molecular weight excluding hydrogens is 478 g/mol. The van der Waals surface area contributed by atoms with Crippen molar-refractivity contribution in [3.05, 3.63) is 23.8 Å². The molecule has 4 aliphatic rings. The highest BCUT2D eigenvalue weighted by molar-refractivity contribution is 7.46. The molecule has 178 valence electrons. The van der Waals surface area contributed by atoms with Crippen molar-refractivity contribution in [1.29, 1.82) is 0 Å². The molecular formula is C22H29Cl2O7P. The Hall–Kier alpha value is -0.530. The standard InChI is InChI=1S/C22H29Cl2O7P/c1-12-8-16-15-5-4-13-9-14(25)6-7-19(13,2)21(15,24)17(23)10-20(16,3)22(12,27)18(26)11-31-32(28,29)30/h6-7,9,12,15-17,27H,4-5,8,10-11H2,1-3H3,(H2,28,29,30)/t12-,15+,16+,17-,19+,20+,21+,22-/m1/s1. The molecule has 7 nitrogen and oxygen atoms in total. The molecule has 0 heterocycles. The zero-order valence-corrected chi connectivity index (χ0v) is 20.7. The SMILES string of the molecule is C[C@@H]1C[C@H]2[C@@H]3CCC4=CC(=O)C=C[C@]4(C)[C@@]3(Cl)[C@H](Cl)C[C@]2(C)[C@]1(O)C(=O)COP(=O)(O)O. The second kappa shape index (κ2) is 7.48. The Morgan fingerprint density at radius 1 is 1.31 bits per heavy atom. The summed E-state index contributed by atoms with van der Waals surface area (Å²) < 4.78 is 15.6. The minimum atomic E-state index is -4.87. The van der Waals surface area contributed by atoms with Crippen LogP contribution in [0.3, 0.4) is 0 Å². The lowest BCUT2D eigenvalue weighted by Gasteiger charge is -2.63. The number of carbonyl (C=O) groups excluding carboxylic acids is 2. The third-order valence-corrected chi connectivity index (χ3v) is 11.0. The third-order valence-electron chi connectivity index (χ3n) is 8.97. The first-order valence-electron chi connectivity index (χ1n) is 10.8. The number of hydrogen-bond donors (Lipinski definition) is 3. The van der Waals surface area contributed by atoms with Crippen molar-refractivity contribution >= 4 is 42.6 Å². The van der Waals surface area contributed by atoms with Gasteiger partial charge in [0, 0.05) is 10.8 Å². The van der Waals surface area contributed by atoms with Crippen LogP contribution in [0.4, 0.5) is 0 Å². The van der Waals surface area contributed by atoms with Gasteiger partial charge in [-0.05, 0) is 55.6 Å². The van der Waals surface area contributed by atoms with Crippen LogP contribution in [0.1, 0.15) is 46.5 Å². The summed E-state index contributed by atoms with van der Waals surface area (Å²) in [6.45, 7) is 4.72. The largest absolute Gasteiger partial charge is 0.470 e. The van der Waals surface area contributed by atoms with Crippen molar-refractivity contribution < 1.29 is 33.6 Å². The molecule has 0 radical (unpaired) electrons. The Labute approximate surface area is 197 Å². The first kappa shape index (κ1) is 24.6. The quantitative estimate of drug-likeness (QED) is 0.393. The summed E-state index contributed by atoms with van der Waals surface area (Å²) in [7, 11) is -4.87. The number of halogens is 2. The molecule has 4 rings (SSSR count). The lowest BCUT2D eigenvalue weighted by atomic mass is 9.46. The molecule has 0 saturated heterocycles. The topological polar surface area (TPSA) is 121 Å². The second-order valence-electron chi connectivity index (χ2n) is 10.3. The monoisotopic (exact) mass is 506 g/mol. The maximum absolute atomic E-state index is 13.1. The fraction of sp³-hybridized carbons (Fsp3) is 0.727. The molecule has 0 aromatic heterocycles. The van der Waals surface area contributed by atoms with Crippen LogP contribution in [-0.2, 0) is 18.7 Å². The number of fused-ring (bicyclic) bond motifs is 5. The number of phosphoric acid groups is 1. The van der Waals surface area contributed by atoms with Gasteiger partial charge in [0.1, 0.15) is 12.2 Å². The first-order valence-corrected chi connectivity index (χ1v) is 13.2. The van der Waals surface area contributed by atoms with Crippen LogP contribution in [0, 0.1) is 28.6 Å². The summed E-state index contributed by atoms with van der Waals surface area (Å²) in [6, 6.07) is 0. The molecule has 0 unspecified atom stereocenters. The van der Waals surface area contributed by atoms with Crippen LogP contribution in [0.25, 0.3) is 0 Å². The number of allylic oxidation sites excluding steroid dienone is 4. The minimum absolute atomic E-state index is 0.0671. The number of aliphatic hydroxyl groups is 1. The number of rotatable bonds is 4. The number of alkyl halides is 2. The van der Waals surface area contributed by atoms with Crippen LogP contribution in [0.2, 0.25) is 0 Å². The summed E-state index contributed by atoms with van der Waals surface area (Å²) in [5, 5.41) is 11.1. The highest BCUT2D eigenvalue weighted by Crippen LogP contribution is 2.72. The van der Waals surface area contributed by atoms with Gasteiger partial charge in [-0.1, -0.05) is 32.4 Å². The van der Waals surface area contributed by atoms with Crippen LogP contribution in [0.15, 0.2) is 23.8 Å². The van der Waals surface area contributed by atoms with Gasteiger partial charge < -0.3 is 14.9 Å². The Kier molecular flexibility index (Phi) is 5.75. The maximum Gasteiger partial charge on any atom is 0.470 e. The number of carbonyl (C=O) groups is 2. The lowest BCUT2D eigenvalue weighted by molar-refractivity contribution is -0.167. The summed E-state index contributed by atoms with van der Waals surface area (Å²) in [4.78, 5) is 42.2. The molecule has 10 heteroatoms. The van der Waals surface area contributed by atoms with E-state index in [0.29, 0.717) is 19.3 Å². The number of hydrogen-bond acceptors (Lipinski definition) is 5. The van der Waals surface area contributed by atoms with E-state index in [4.69, 9.17) is 33.0 Å². The second-order valence-corrected chi connectivity index (χ2v) is 12.7. The van der Waals surface area contributed by atoms with E-state index in [9.17, 15) is 19.3 Å². The van der Waals surface area contributed by atoms with Crippen LogP contribution < -0.4 is 0 Å². The molecule has 0 spiro atoms. The number of phosphoric ester groups is 1.